The van der Waals surface area contributed by atoms with Crippen LogP contribution in [0.5, 0.6) is 0 Å². The summed E-state index contributed by atoms with van der Waals surface area (Å²) in [5.74, 6) is 0. The monoisotopic (exact) mass is 227 g/mol. The quantitative estimate of drug-likeness (QED) is 0.872. The number of aromatic nitrogens is 2. The highest BCUT2D eigenvalue weighted by atomic mass is 16.5. The normalized spacial score (nSPS) is 13.4. The van der Waals surface area contributed by atoms with Gasteiger partial charge >= 0.3 is 0 Å². The maximum absolute atomic E-state index is 5.38. The SMILES string of the molecule is c1cc(CNc2ccc3c(c2)COC3)ncn1. The van der Waals surface area contributed by atoms with Crippen LogP contribution >= 0.6 is 0 Å². The zero-order valence-corrected chi connectivity index (χ0v) is 9.39. The van der Waals surface area contributed by atoms with Crippen molar-refractivity contribution in [3.8, 4) is 0 Å². The number of fused-ring (bicyclic) bond motifs is 1. The number of hydrogen-bond acceptors (Lipinski definition) is 4. The summed E-state index contributed by atoms with van der Waals surface area (Å²) in [5, 5.41) is 3.34. The van der Waals surface area contributed by atoms with E-state index in [1.54, 1.807) is 12.5 Å². The summed E-state index contributed by atoms with van der Waals surface area (Å²) in [7, 11) is 0. The molecule has 4 nitrogen and oxygen atoms in total. The van der Waals surface area contributed by atoms with Crippen molar-refractivity contribution in [3.05, 3.63) is 53.6 Å². The first-order valence-electron chi connectivity index (χ1n) is 5.60. The molecule has 1 aliphatic rings. The molecule has 1 N–H and O–H groups in total. The van der Waals surface area contributed by atoms with Gasteiger partial charge in [-0.1, -0.05) is 6.07 Å². The van der Waals surface area contributed by atoms with Gasteiger partial charge in [0.05, 0.1) is 25.5 Å². The molecule has 2 heterocycles. The molecule has 0 saturated carbocycles. The molecule has 0 atom stereocenters. The molecular formula is C13H13N3O. The number of benzene rings is 1. The lowest BCUT2D eigenvalue weighted by atomic mass is 10.1. The van der Waals surface area contributed by atoms with E-state index in [-0.39, 0.29) is 0 Å². The fourth-order valence-corrected chi connectivity index (χ4v) is 1.90. The average Bonchev–Trinajstić information content (AvgIpc) is 2.85. The number of nitrogens with zero attached hydrogens (tertiary/aromatic N) is 2. The van der Waals surface area contributed by atoms with E-state index in [1.807, 2.05) is 6.07 Å². The summed E-state index contributed by atoms with van der Waals surface area (Å²) in [6.07, 6.45) is 3.31. The predicted molar refractivity (Wildman–Crippen MR) is 64.3 cm³/mol. The molecule has 4 heteroatoms. The fraction of sp³-hybridized carbons (Fsp3) is 0.231. The minimum absolute atomic E-state index is 0.710. The summed E-state index contributed by atoms with van der Waals surface area (Å²) in [4.78, 5) is 8.06. The number of anilines is 1. The zero-order valence-electron chi connectivity index (χ0n) is 9.39. The van der Waals surface area contributed by atoms with Gasteiger partial charge in [0.2, 0.25) is 0 Å². The van der Waals surface area contributed by atoms with Gasteiger partial charge in [0.15, 0.2) is 0 Å². The first-order valence-corrected chi connectivity index (χ1v) is 5.60. The lowest BCUT2D eigenvalue weighted by Gasteiger charge is -2.07. The van der Waals surface area contributed by atoms with E-state index in [2.05, 4.69) is 33.5 Å². The number of nitrogens with one attached hydrogen (secondary N) is 1. The molecule has 0 saturated heterocycles. The molecule has 1 aromatic carbocycles. The van der Waals surface area contributed by atoms with Crippen LogP contribution < -0.4 is 5.32 Å². The molecule has 17 heavy (non-hydrogen) atoms. The van der Waals surface area contributed by atoms with Crippen molar-refractivity contribution < 1.29 is 4.74 Å². The maximum Gasteiger partial charge on any atom is 0.115 e. The Bertz CT molecular complexity index is 513. The molecule has 0 amide bonds. The standard InChI is InChI=1S/C13H13N3O/c1-2-12(5-11-8-17-7-10(1)11)15-6-13-3-4-14-9-16-13/h1-5,9,15H,6-8H2. The second kappa shape index (κ2) is 4.51. The summed E-state index contributed by atoms with van der Waals surface area (Å²) in [6, 6.07) is 8.24. The molecule has 1 aliphatic heterocycles. The third-order valence-electron chi connectivity index (χ3n) is 2.84. The minimum atomic E-state index is 0.710. The molecule has 86 valence electrons. The largest absolute Gasteiger partial charge is 0.379 e. The molecule has 0 bridgehead atoms. The Labute approximate surface area is 99.7 Å². The van der Waals surface area contributed by atoms with E-state index in [0.717, 1.165) is 24.6 Å². The van der Waals surface area contributed by atoms with Gasteiger partial charge < -0.3 is 10.1 Å². The van der Waals surface area contributed by atoms with Crippen LogP contribution in [0.2, 0.25) is 0 Å². The Morgan fingerprint density at radius 3 is 3.00 bits per heavy atom. The Morgan fingerprint density at radius 2 is 2.12 bits per heavy atom. The Kier molecular flexibility index (Phi) is 2.71. The van der Waals surface area contributed by atoms with E-state index in [0.29, 0.717) is 6.54 Å². The van der Waals surface area contributed by atoms with E-state index in [4.69, 9.17) is 4.74 Å². The highest BCUT2D eigenvalue weighted by molar-refractivity contribution is 5.49. The van der Waals surface area contributed by atoms with Crippen molar-refractivity contribution in [1.29, 1.82) is 0 Å². The molecular weight excluding hydrogens is 214 g/mol. The van der Waals surface area contributed by atoms with Gasteiger partial charge in [0.25, 0.3) is 0 Å². The Hall–Kier alpha value is -1.94. The number of rotatable bonds is 3. The van der Waals surface area contributed by atoms with Gasteiger partial charge in [-0.05, 0) is 29.3 Å². The first-order chi connectivity index (χ1) is 8.42. The van der Waals surface area contributed by atoms with Gasteiger partial charge in [-0.3, -0.25) is 0 Å². The van der Waals surface area contributed by atoms with Crippen molar-refractivity contribution in [2.45, 2.75) is 19.8 Å². The van der Waals surface area contributed by atoms with Gasteiger partial charge in [-0.2, -0.15) is 0 Å². The van der Waals surface area contributed by atoms with Crippen LogP contribution in [0.4, 0.5) is 5.69 Å². The van der Waals surface area contributed by atoms with E-state index < -0.39 is 0 Å². The van der Waals surface area contributed by atoms with Crippen LogP contribution in [0.1, 0.15) is 16.8 Å². The van der Waals surface area contributed by atoms with Crippen molar-refractivity contribution in [3.63, 3.8) is 0 Å². The van der Waals surface area contributed by atoms with Crippen molar-refractivity contribution >= 4 is 5.69 Å². The summed E-state index contributed by atoms with van der Waals surface area (Å²) >= 11 is 0. The lowest BCUT2D eigenvalue weighted by Crippen LogP contribution is -2.02. The van der Waals surface area contributed by atoms with Crippen molar-refractivity contribution in [1.82, 2.24) is 9.97 Å². The maximum atomic E-state index is 5.38. The molecule has 1 aromatic heterocycles. The molecule has 0 unspecified atom stereocenters. The van der Waals surface area contributed by atoms with Gasteiger partial charge in [0.1, 0.15) is 6.33 Å². The van der Waals surface area contributed by atoms with Crippen LogP contribution in [-0.4, -0.2) is 9.97 Å². The Balaban J connectivity index is 1.70. The lowest BCUT2D eigenvalue weighted by molar-refractivity contribution is 0.134. The summed E-state index contributed by atoms with van der Waals surface area (Å²) in [6.45, 7) is 2.17. The molecule has 0 radical (unpaired) electrons. The Morgan fingerprint density at radius 1 is 1.18 bits per heavy atom. The molecule has 3 rings (SSSR count). The third kappa shape index (κ3) is 2.26. The van der Waals surface area contributed by atoms with Gasteiger partial charge in [-0.15, -0.1) is 0 Å². The van der Waals surface area contributed by atoms with E-state index >= 15 is 0 Å². The van der Waals surface area contributed by atoms with Crippen LogP contribution in [0.15, 0.2) is 36.8 Å². The molecule has 0 fully saturated rings. The van der Waals surface area contributed by atoms with E-state index in [9.17, 15) is 0 Å². The van der Waals surface area contributed by atoms with Crippen LogP contribution in [0, 0.1) is 0 Å². The third-order valence-corrected chi connectivity index (χ3v) is 2.84. The number of ether oxygens (including phenoxy) is 1. The second-order valence-electron chi connectivity index (χ2n) is 4.03. The molecule has 0 aliphatic carbocycles. The van der Waals surface area contributed by atoms with Gasteiger partial charge in [0, 0.05) is 11.9 Å². The van der Waals surface area contributed by atoms with Crippen LogP contribution in [-0.2, 0) is 24.5 Å². The van der Waals surface area contributed by atoms with Crippen LogP contribution in [0.3, 0.4) is 0 Å². The smallest absolute Gasteiger partial charge is 0.115 e. The van der Waals surface area contributed by atoms with Crippen LogP contribution in [0.25, 0.3) is 0 Å². The van der Waals surface area contributed by atoms with Crippen molar-refractivity contribution in [2.24, 2.45) is 0 Å². The topological polar surface area (TPSA) is 47.0 Å². The van der Waals surface area contributed by atoms with E-state index in [1.165, 1.54) is 11.1 Å². The number of hydrogen-bond donors (Lipinski definition) is 1. The highest BCUT2D eigenvalue weighted by Gasteiger charge is 2.10. The fourth-order valence-electron chi connectivity index (χ4n) is 1.90. The summed E-state index contributed by atoms with van der Waals surface area (Å²) in [5.41, 5.74) is 4.65. The first kappa shape index (κ1) is 10.2. The molecule has 2 aromatic rings. The predicted octanol–water partition coefficient (Wildman–Crippen LogP) is 2.12. The average molecular weight is 227 g/mol. The highest BCUT2D eigenvalue weighted by Crippen LogP contribution is 2.23. The van der Waals surface area contributed by atoms with Gasteiger partial charge in [-0.25, -0.2) is 9.97 Å². The van der Waals surface area contributed by atoms with Crippen molar-refractivity contribution in [2.75, 3.05) is 5.32 Å². The second-order valence-corrected chi connectivity index (χ2v) is 4.03. The zero-order chi connectivity index (χ0) is 11.5. The molecule has 0 spiro atoms. The summed E-state index contributed by atoms with van der Waals surface area (Å²) < 4.78 is 5.38. The minimum Gasteiger partial charge on any atom is -0.379 e.